The molecule has 1 aromatic carbocycles. The molecule has 148 valence electrons. The number of aromatic nitrogens is 1. The van der Waals surface area contributed by atoms with Crippen molar-refractivity contribution < 1.29 is 22.4 Å². The van der Waals surface area contributed by atoms with Gasteiger partial charge in [0, 0.05) is 24.2 Å². The van der Waals surface area contributed by atoms with Crippen molar-refractivity contribution in [3.8, 4) is 0 Å². The summed E-state index contributed by atoms with van der Waals surface area (Å²) in [5.74, 6) is 4.28. The number of nitrogens with one attached hydrogen (secondary N) is 2. The smallest absolute Gasteiger partial charge is 0.379 e. The standard InChI is InChI=1S/C17H21F4N5O/c1-25-6-5-13(11(18)8-25)23-12-3-2-4-14-10(12)7-15(16(27)24-22)26(14)9-17(19,20)21/h2-4,7,11,13,23H,5-6,8-9,22H2,1H3,(H,24,27)/t11-,13+/m0/s1. The fourth-order valence-corrected chi connectivity index (χ4v) is 3.44. The lowest BCUT2D eigenvalue weighted by Crippen LogP contribution is -2.46. The van der Waals surface area contributed by atoms with E-state index >= 15 is 0 Å². The third kappa shape index (κ3) is 4.16. The molecular formula is C17H21F4N5O. The summed E-state index contributed by atoms with van der Waals surface area (Å²) in [5.41, 5.74) is 2.36. The average molecular weight is 387 g/mol. The van der Waals surface area contributed by atoms with E-state index < -0.39 is 30.8 Å². The van der Waals surface area contributed by atoms with E-state index in [0.29, 0.717) is 24.0 Å². The lowest BCUT2D eigenvalue weighted by molar-refractivity contribution is -0.140. The Morgan fingerprint density at radius 2 is 2.11 bits per heavy atom. The van der Waals surface area contributed by atoms with Gasteiger partial charge in [0.2, 0.25) is 0 Å². The number of carbonyl (C=O) groups is 1. The minimum absolute atomic E-state index is 0.209. The van der Waals surface area contributed by atoms with Gasteiger partial charge in [-0.05, 0) is 31.7 Å². The minimum atomic E-state index is -4.52. The number of anilines is 1. The van der Waals surface area contributed by atoms with Crippen LogP contribution >= 0.6 is 0 Å². The molecule has 1 aliphatic heterocycles. The lowest BCUT2D eigenvalue weighted by Gasteiger charge is -2.33. The van der Waals surface area contributed by atoms with Crippen molar-refractivity contribution in [3.05, 3.63) is 30.0 Å². The molecule has 6 nitrogen and oxygen atoms in total. The predicted octanol–water partition coefficient (Wildman–Crippen LogP) is 2.26. The number of nitrogens with two attached hydrogens (primary N) is 1. The number of halogens is 4. The second kappa shape index (κ2) is 7.35. The van der Waals surface area contributed by atoms with E-state index in [9.17, 15) is 22.4 Å². The molecule has 0 unspecified atom stereocenters. The van der Waals surface area contributed by atoms with Crippen LogP contribution in [0.2, 0.25) is 0 Å². The summed E-state index contributed by atoms with van der Waals surface area (Å²) >= 11 is 0. The molecule has 4 N–H and O–H groups in total. The number of nitrogen functional groups attached to an aromatic ring is 1. The summed E-state index contributed by atoms with van der Waals surface area (Å²) in [5, 5.41) is 3.50. The number of amides is 1. The molecule has 0 aliphatic carbocycles. The quantitative estimate of drug-likeness (QED) is 0.326. The predicted molar refractivity (Wildman–Crippen MR) is 94.1 cm³/mol. The van der Waals surface area contributed by atoms with Crippen LogP contribution in [0.1, 0.15) is 16.9 Å². The number of likely N-dealkylation sites (tertiary alicyclic amines) is 1. The first-order valence-electron chi connectivity index (χ1n) is 8.48. The van der Waals surface area contributed by atoms with Crippen LogP contribution in [0, 0.1) is 0 Å². The zero-order valence-corrected chi connectivity index (χ0v) is 14.7. The Morgan fingerprint density at radius 1 is 1.37 bits per heavy atom. The first-order chi connectivity index (χ1) is 12.7. The first-order valence-corrected chi connectivity index (χ1v) is 8.48. The van der Waals surface area contributed by atoms with Crippen LogP contribution in [0.4, 0.5) is 23.2 Å². The molecule has 0 saturated carbocycles. The molecule has 0 bridgehead atoms. The number of nitrogens with zero attached hydrogens (tertiary/aromatic N) is 2. The summed E-state index contributed by atoms with van der Waals surface area (Å²) in [6.45, 7) is -0.337. The Labute approximate surface area is 153 Å². The number of piperidine rings is 1. The van der Waals surface area contributed by atoms with E-state index in [4.69, 9.17) is 5.84 Å². The highest BCUT2D eigenvalue weighted by Gasteiger charge is 2.32. The van der Waals surface area contributed by atoms with Crippen LogP contribution in [-0.2, 0) is 6.54 Å². The molecule has 2 atom stereocenters. The Morgan fingerprint density at radius 3 is 2.74 bits per heavy atom. The summed E-state index contributed by atoms with van der Waals surface area (Å²) in [4.78, 5) is 13.9. The van der Waals surface area contributed by atoms with Crippen molar-refractivity contribution in [2.75, 3.05) is 25.5 Å². The summed E-state index contributed by atoms with van der Waals surface area (Å²) in [6.07, 6.45) is -5.06. The minimum Gasteiger partial charge on any atom is -0.379 e. The second-order valence-corrected chi connectivity index (χ2v) is 6.76. The van der Waals surface area contributed by atoms with Gasteiger partial charge in [0.25, 0.3) is 5.91 Å². The highest BCUT2D eigenvalue weighted by molar-refractivity contribution is 6.02. The molecule has 10 heteroatoms. The molecule has 1 fully saturated rings. The largest absolute Gasteiger partial charge is 0.406 e. The first kappa shape index (κ1) is 19.4. The second-order valence-electron chi connectivity index (χ2n) is 6.76. The van der Waals surface area contributed by atoms with E-state index in [1.807, 2.05) is 17.4 Å². The van der Waals surface area contributed by atoms with Gasteiger partial charge in [0.05, 0.1) is 11.6 Å². The van der Waals surface area contributed by atoms with Crippen molar-refractivity contribution in [1.82, 2.24) is 14.9 Å². The molecule has 1 amide bonds. The number of hydrazine groups is 1. The van der Waals surface area contributed by atoms with E-state index in [0.717, 1.165) is 4.57 Å². The Kier molecular flexibility index (Phi) is 5.29. The van der Waals surface area contributed by atoms with E-state index in [2.05, 4.69) is 5.32 Å². The summed E-state index contributed by atoms with van der Waals surface area (Å²) in [6, 6.07) is 5.61. The number of hydrogen-bond donors (Lipinski definition) is 3. The Bertz CT molecular complexity index is 835. The van der Waals surface area contributed by atoms with E-state index in [1.165, 1.54) is 12.1 Å². The molecule has 2 aromatic rings. The van der Waals surface area contributed by atoms with Crippen LogP contribution < -0.4 is 16.6 Å². The van der Waals surface area contributed by atoms with Gasteiger partial charge >= 0.3 is 6.18 Å². The number of alkyl halides is 4. The van der Waals surface area contributed by atoms with Gasteiger partial charge in [-0.25, -0.2) is 10.2 Å². The average Bonchev–Trinajstić information content (AvgIpc) is 2.94. The van der Waals surface area contributed by atoms with Crippen molar-refractivity contribution in [2.45, 2.75) is 31.4 Å². The van der Waals surface area contributed by atoms with Crippen molar-refractivity contribution in [2.24, 2.45) is 5.84 Å². The zero-order valence-electron chi connectivity index (χ0n) is 14.7. The Balaban J connectivity index is 2.01. The van der Waals surface area contributed by atoms with Crippen LogP contribution in [0.15, 0.2) is 24.3 Å². The fourth-order valence-electron chi connectivity index (χ4n) is 3.44. The lowest BCUT2D eigenvalue weighted by atomic mass is 10.0. The number of carbonyl (C=O) groups excluding carboxylic acids is 1. The molecule has 2 heterocycles. The zero-order chi connectivity index (χ0) is 19.8. The third-order valence-electron chi connectivity index (χ3n) is 4.73. The van der Waals surface area contributed by atoms with Gasteiger partial charge in [-0.3, -0.25) is 10.2 Å². The molecule has 1 aliphatic rings. The third-order valence-corrected chi connectivity index (χ3v) is 4.73. The number of fused-ring (bicyclic) bond motifs is 1. The maximum atomic E-state index is 14.3. The normalized spacial score (nSPS) is 21.4. The SMILES string of the molecule is CN1CC[C@@H](Nc2cccc3c2cc(C(=O)NN)n3CC(F)(F)F)[C@@H](F)C1. The van der Waals surface area contributed by atoms with Crippen LogP contribution in [0.3, 0.4) is 0 Å². The topological polar surface area (TPSA) is 75.3 Å². The van der Waals surface area contributed by atoms with Crippen LogP contribution in [0.25, 0.3) is 10.9 Å². The molecule has 1 saturated heterocycles. The van der Waals surface area contributed by atoms with Gasteiger partial charge in [-0.1, -0.05) is 6.07 Å². The van der Waals surface area contributed by atoms with Gasteiger partial charge in [0.15, 0.2) is 0 Å². The maximum absolute atomic E-state index is 14.3. The number of hydrogen-bond acceptors (Lipinski definition) is 4. The monoisotopic (exact) mass is 387 g/mol. The summed E-state index contributed by atoms with van der Waals surface area (Å²) < 4.78 is 54.2. The van der Waals surface area contributed by atoms with E-state index in [-0.39, 0.29) is 17.8 Å². The maximum Gasteiger partial charge on any atom is 0.406 e. The molecule has 27 heavy (non-hydrogen) atoms. The van der Waals surface area contributed by atoms with Gasteiger partial charge in [0.1, 0.15) is 18.4 Å². The van der Waals surface area contributed by atoms with Crippen LogP contribution in [0.5, 0.6) is 0 Å². The van der Waals surface area contributed by atoms with Gasteiger partial charge < -0.3 is 14.8 Å². The van der Waals surface area contributed by atoms with Crippen molar-refractivity contribution >= 4 is 22.5 Å². The van der Waals surface area contributed by atoms with Crippen molar-refractivity contribution in [3.63, 3.8) is 0 Å². The molecule has 0 spiro atoms. The van der Waals surface area contributed by atoms with Gasteiger partial charge in [-0.15, -0.1) is 0 Å². The highest BCUT2D eigenvalue weighted by atomic mass is 19.4. The van der Waals surface area contributed by atoms with Crippen molar-refractivity contribution in [1.29, 1.82) is 0 Å². The van der Waals surface area contributed by atoms with Gasteiger partial charge in [-0.2, -0.15) is 13.2 Å². The number of benzene rings is 1. The molecule has 0 radical (unpaired) electrons. The van der Waals surface area contributed by atoms with Crippen LogP contribution in [-0.4, -0.2) is 53.9 Å². The molecular weight excluding hydrogens is 366 g/mol. The molecule has 1 aromatic heterocycles. The summed E-state index contributed by atoms with van der Waals surface area (Å²) in [7, 11) is 1.83. The fraction of sp³-hybridized carbons (Fsp3) is 0.471. The van der Waals surface area contributed by atoms with E-state index in [1.54, 1.807) is 12.1 Å². The molecule has 3 rings (SSSR count). The Hall–Kier alpha value is -2.33. The highest BCUT2D eigenvalue weighted by Crippen LogP contribution is 2.31. The number of rotatable bonds is 4.